The van der Waals surface area contributed by atoms with E-state index in [-0.39, 0.29) is 6.04 Å². The lowest BCUT2D eigenvalue weighted by atomic mass is 10.2. The van der Waals surface area contributed by atoms with Crippen molar-refractivity contribution in [2.75, 3.05) is 19.6 Å². The molecule has 1 saturated heterocycles. The highest BCUT2D eigenvalue weighted by Crippen LogP contribution is 1.90. The molecule has 1 unspecified atom stereocenters. The van der Waals surface area contributed by atoms with E-state index in [1.54, 1.807) is 0 Å². The van der Waals surface area contributed by atoms with Gasteiger partial charge in [-0.25, -0.2) is 0 Å². The standard InChI is InChI=1S/C7H13N2O/c10-6-7-2-5-8-3-1-4-9-7/h7-9H,1-5H2. The minimum absolute atomic E-state index is 0.0483. The molecule has 0 amide bonds. The van der Waals surface area contributed by atoms with Gasteiger partial charge in [0.15, 0.2) is 0 Å². The van der Waals surface area contributed by atoms with Crippen LogP contribution in [0.5, 0.6) is 0 Å². The van der Waals surface area contributed by atoms with Crippen LogP contribution in [0.4, 0.5) is 0 Å². The van der Waals surface area contributed by atoms with E-state index < -0.39 is 0 Å². The summed E-state index contributed by atoms with van der Waals surface area (Å²) in [4.78, 5) is 10.2. The molecule has 0 aromatic rings. The van der Waals surface area contributed by atoms with E-state index in [0.29, 0.717) is 0 Å². The summed E-state index contributed by atoms with van der Waals surface area (Å²) in [5, 5.41) is 6.34. The van der Waals surface area contributed by atoms with E-state index in [0.717, 1.165) is 32.5 Å². The summed E-state index contributed by atoms with van der Waals surface area (Å²) < 4.78 is 0. The molecule has 57 valence electrons. The van der Waals surface area contributed by atoms with E-state index in [9.17, 15) is 4.79 Å². The number of hydrogen-bond donors (Lipinski definition) is 2. The van der Waals surface area contributed by atoms with Gasteiger partial charge in [0.1, 0.15) is 0 Å². The molecule has 0 bridgehead atoms. The molecule has 10 heavy (non-hydrogen) atoms. The first-order valence-corrected chi connectivity index (χ1v) is 3.75. The highest BCUT2D eigenvalue weighted by Gasteiger charge is 2.08. The zero-order chi connectivity index (χ0) is 7.23. The molecular weight excluding hydrogens is 128 g/mol. The van der Waals surface area contributed by atoms with Crippen LogP contribution in [0.25, 0.3) is 0 Å². The van der Waals surface area contributed by atoms with Crippen LogP contribution in [0.1, 0.15) is 12.8 Å². The number of hydrogen-bond acceptors (Lipinski definition) is 3. The molecular formula is C7H13N2O. The smallest absolute Gasteiger partial charge is 0.216 e. The van der Waals surface area contributed by atoms with Gasteiger partial charge in [-0.15, -0.1) is 0 Å². The molecule has 2 N–H and O–H groups in total. The molecule has 3 nitrogen and oxygen atoms in total. The van der Waals surface area contributed by atoms with Crippen LogP contribution in [-0.4, -0.2) is 32.0 Å². The van der Waals surface area contributed by atoms with E-state index in [1.807, 2.05) is 6.29 Å². The Bertz CT molecular complexity index is 97.8. The second kappa shape index (κ2) is 4.41. The second-order valence-corrected chi connectivity index (χ2v) is 2.52. The summed E-state index contributed by atoms with van der Waals surface area (Å²) in [6.45, 7) is 2.90. The average molecular weight is 141 g/mol. The van der Waals surface area contributed by atoms with Gasteiger partial charge in [-0.3, -0.25) is 4.79 Å². The molecule has 0 saturated carbocycles. The van der Waals surface area contributed by atoms with E-state index in [1.165, 1.54) is 0 Å². The summed E-state index contributed by atoms with van der Waals surface area (Å²) in [5.74, 6) is 0. The van der Waals surface area contributed by atoms with Crippen LogP contribution in [-0.2, 0) is 4.79 Å². The van der Waals surface area contributed by atoms with E-state index in [4.69, 9.17) is 0 Å². The number of carbonyl (C=O) groups excluding carboxylic acids is 1. The average Bonchev–Trinajstić information content (AvgIpc) is 1.87. The van der Waals surface area contributed by atoms with Crippen LogP contribution >= 0.6 is 0 Å². The first kappa shape index (κ1) is 7.69. The zero-order valence-electron chi connectivity index (χ0n) is 6.02. The van der Waals surface area contributed by atoms with E-state index >= 15 is 0 Å². The molecule has 1 heterocycles. The fourth-order valence-corrected chi connectivity index (χ4v) is 1.06. The fourth-order valence-electron chi connectivity index (χ4n) is 1.06. The van der Waals surface area contributed by atoms with Crippen molar-refractivity contribution in [1.29, 1.82) is 0 Å². The minimum Gasteiger partial charge on any atom is -0.317 e. The number of nitrogens with one attached hydrogen (secondary N) is 2. The molecule has 1 aliphatic heterocycles. The van der Waals surface area contributed by atoms with Gasteiger partial charge in [-0.05, 0) is 32.5 Å². The van der Waals surface area contributed by atoms with Gasteiger partial charge in [0.25, 0.3) is 0 Å². The van der Waals surface area contributed by atoms with Crippen LogP contribution in [0.15, 0.2) is 0 Å². The lowest BCUT2D eigenvalue weighted by Gasteiger charge is -2.15. The first-order valence-electron chi connectivity index (χ1n) is 3.75. The largest absolute Gasteiger partial charge is 0.317 e. The topological polar surface area (TPSA) is 41.1 Å². The Labute approximate surface area is 61.2 Å². The predicted octanol–water partition coefficient (Wildman–Crippen LogP) is -0.562. The molecule has 1 fully saturated rings. The Morgan fingerprint density at radius 1 is 1.30 bits per heavy atom. The highest BCUT2D eigenvalue weighted by molar-refractivity contribution is 5.58. The van der Waals surface area contributed by atoms with Gasteiger partial charge < -0.3 is 10.6 Å². The van der Waals surface area contributed by atoms with E-state index in [2.05, 4.69) is 10.6 Å². The summed E-state index contributed by atoms with van der Waals surface area (Å²) in [5.41, 5.74) is 0. The summed E-state index contributed by atoms with van der Waals surface area (Å²) in [7, 11) is 0. The minimum atomic E-state index is -0.0483. The lowest BCUT2D eigenvalue weighted by molar-refractivity contribution is 0.461. The maximum Gasteiger partial charge on any atom is 0.216 e. The van der Waals surface area contributed by atoms with Gasteiger partial charge in [0, 0.05) is 0 Å². The third-order valence-corrected chi connectivity index (χ3v) is 1.67. The van der Waals surface area contributed by atoms with Gasteiger partial charge >= 0.3 is 0 Å². The third kappa shape index (κ3) is 2.45. The summed E-state index contributed by atoms with van der Waals surface area (Å²) in [6.07, 6.45) is 3.93. The predicted molar refractivity (Wildman–Crippen MR) is 39.6 cm³/mol. The van der Waals surface area contributed by atoms with Gasteiger partial charge in [-0.1, -0.05) is 0 Å². The van der Waals surface area contributed by atoms with Crippen molar-refractivity contribution >= 4 is 6.29 Å². The molecule has 0 aromatic carbocycles. The Balaban J connectivity index is 2.22. The normalized spacial score (nSPS) is 28.6. The van der Waals surface area contributed by atoms with Crippen molar-refractivity contribution in [3.05, 3.63) is 0 Å². The van der Waals surface area contributed by atoms with Crippen molar-refractivity contribution in [2.24, 2.45) is 0 Å². The summed E-state index contributed by atoms with van der Waals surface area (Å²) in [6, 6.07) is -0.0483. The van der Waals surface area contributed by atoms with Gasteiger partial charge in [0.2, 0.25) is 6.29 Å². The van der Waals surface area contributed by atoms with Crippen molar-refractivity contribution in [3.63, 3.8) is 0 Å². The van der Waals surface area contributed by atoms with Crippen molar-refractivity contribution < 1.29 is 4.79 Å². The fraction of sp³-hybridized carbons (Fsp3) is 0.857. The quantitative estimate of drug-likeness (QED) is 0.514. The molecule has 0 aliphatic carbocycles. The Hall–Kier alpha value is -0.410. The maximum absolute atomic E-state index is 10.2. The van der Waals surface area contributed by atoms with Crippen molar-refractivity contribution in [3.8, 4) is 0 Å². The molecule has 0 spiro atoms. The van der Waals surface area contributed by atoms with Gasteiger partial charge in [-0.2, -0.15) is 0 Å². The zero-order valence-corrected chi connectivity index (χ0v) is 6.02. The Morgan fingerprint density at radius 2 is 2.20 bits per heavy atom. The molecule has 1 radical (unpaired) electrons. The summed E-state index contributed by atoms with van der Waals surface area (Å²) >= 11 is 0. The second-order valence-electron chi connectivity index (χ2n) is 2.52. The van der Waals surface area contributed by atoms with Crippen LogP contribution in [0, 0.1) is 0 Å². The van der Waals surface area contributed by atoms with Crippen molar-refractivity contribution in [1.82, 2.24) is 10.6 Å². The number of rotatable bonds is 1. The highest BCUT2D eigenvalue weighted by atomic mass is 16.1. The van der Waals surface area contributed by atoms with Gasteiger partial charge in [0.05, 0.1) is 6.04 Å². The maximum atomic E-state index is 10.2. The molecule has 1 aliphatic rings. The van der Waals surface area contributed by atoms with Crippen LogP contribution in [0.2, 0.25) is 0 Å². The monoisotopic (exact) mass is 141 g/mol. The molecule has 1 rings (SSSR count). The Kier molecular flexibility index (Phi) is 3.40. The molecule has 1 atom stereocenters. The molecule has 0 aromatic heterocycles. The third-order valence-electron chi connectivity index (χ3n) is 1.67. The van der Waals surface area contributed by atoms with Crippen LogP contribution < -0.4 is 10.6 Å². The Morgan fingerprint density at radius 3 is 3.00 bits per heavy atom. The SMILES string of the molecule is O=[C]C1CCNCCCN1. The lowest BCUT2D eigenvalue weighted by Crippen LogP contribution is -2.38. The van der Waals surface area contributed by atoms with Crippen LogP contribution in [0.3, 0.4) is 0 Å². The first-order chi connectivity index (χ1) is 4.93. The van der Waals surface area contributed by atoms with Crippen molar-refractivity contribution in [2.45, 2.75) is 18.9 Å². The molecule has 3 heteroatoms.